The van der Waals surface area contributed by atoms with E-state index in [1.54, 1.807) is 42.3 Å². The van der Waals surface area contributed by atoms with Crippen LogP contribution in [0.25, 0.3) is 11.4 Å². The third-order valence-electron chi connectivity index (χ3n) is 3.93. The van der Waals surface area contributed by atoms with Crippen LogP contribution in [-0.2, 0) is 17.5 Å². The minimum Gasteiger partial charge on any atom is -0.385 e. The summed E-state index contributed by atoms with van der Waals surface area (Å²) in [6, 6.07) is 6.64. The van der Waals surface area contributed by atoms with E-state index >= 15 is 0 Å². The summed E-state index contributed by atoms with van der Waals surface area (Å²) in [5.41, 5.74) is 1.78. The number of hydrogen-bond donors (Lipinski definition) is 0. The summed E-state index contributed by atoms with van der Waals surface area (Å²) in [4.78, 5) is 15.4. The molecule has 2 heterocycles. The Kier molecular flexibility index (Phi) is 5.88. The molecule has 148 valence electrons. The molecular formula is C18H17F3N4O3. The first-order valence-corrected chi connectivity index (χ1v) is 8.41. The van der Waals surface area contributed by atoms with Gasteiger partial charge < -0.3 is 9.26 Å². The lowest BCUT2D eigenvalue weighted by atomic mass is 10.1. The predicted molar refractivity (Wildman–Crippen MR) is 91.5 cm³/mol. The molecule has 0 N–H and O–H groups in total. The Balaban J connectivity index is 1.63. The number of alkyl halides is 3. The minimum atomic E-state index is -4.68. The number of ether oxygens (including phenoxy) is 1. The van der Waals surface area contributed by atoms with Crippen molar-refractivity contribution in [1.29, 1.82) is 0 Å². The first-order valence-electron chi connectivity index (χ1n) is 8.41. The highest BCUT2D eigenvalue weighted by Gasteiger charge is 2.38. The molecule has 0 radical (unpaired) electrons. The molecule has 0 fully saturated rings. The minimum absolute atomic E-state index is 0.00350. The third-order valence-corrected chi connectivity index (χ3v) is 3.93. The van der Waals surface area contributed by atoms with Crippen LogP contribution in [0.4, 0.5) is 13.2 Å². The van der Waals surface area contributed by atoms with Crippen molar-refractivity contribution in [2.75, 3.05) is 13.7 Å². The average molecular weight is 394 g/mol. The van der Waals surface area contributed by atoms with Gasteiger partial charge in [0.1, 0.15) is 0 Å². The van der Waals surface area contributed by atoms with Crippen molar-refractivity contribution >= 4 is 5.78 Å². The lowest BCUT2D eigenvalue weighted by molar-refractivity contribution is -0.159. The van der Waals surface area contributed by atoms with Crippen LogP contribution >= 0.6 is 0 Å². The normalized spacial score (nSPS) is 11.7. The second-order valence-electron chi connectivity index (χ2n) is 6.06. The van der Waals surface area contributed by atoms with Gasteiger partial charge >= 0.3 is 12.1 Å². The summed E-state index contributed by atoms with van der Waals surface area (Å²) in [7, 11) is 1.59. The van der Waals surface area contributed by atoms with Gasteiger partial charge in [-0.15, -0.1) is 0 Å². The van der Waals surface area contributed by atoms with Gasteiger partial charge in [0.15, 0.2) is 5.78 Å². The maximum Gasteiger partial charge on any atom is 0.471 e. The predicted octanol–water partition coefficient (Wildman–Crippen LogP) is 3.61. The van der Waals surface area contributed by atoms with E-state index in [9.17, 15) is 18.0 Å². The van der Waals surface area contributed by atoms with E-state index in [1.807, 2.05) is 0 Å². The number of halogens is 3. The Morgan fingerprint density at radius 2 is 2.00 bits per heavy atom. The van der Waals surface area contributed by atoms with Crippen LogP contribution in [0.5, 0.6) is 0 Å². The van der Waals surface area contributed by atoms with Crippen LogP contribution in [-0.4, -0.2) is 39.4 Å². The second kappa shape index (κ2) is 8.34. The van der Waals surface area contributed by atoms with E-state index in [0.717, 1.165) is 5.56 Å². The summed E-state index contributed by atoms with van der Waals surface area (Å²) >= 11 is 0. The standard InChI is InChI=1S/C18H17F3N4O3/c1-27-8-2-3-15(26)14-9-22-25(11-14)10-12-4-6-13(7-5-12)16-23-17(28-24-16)18(19,20)21/h4-7,9,11H,2-3,8,10H2,1H3. The van der Waals surface area contributed by atoms with Gasteiger partial charge in [-0.25, -0.2) is 0 Å². The van der Waals surface area contributed by atoms with Gasteiger partial charge in [-0.2, -0.15) is 23.3 Å². The Bertz CT molecular complexity index is 932. The molecule has 7 nitrogen and oxygen atoms in total. The Labute approximate surface area is 158 Å². The quantitative estimate of drug-likeness (QED) is 0.429. The molecule has 0 atom stereocenters. The Morgan fingerprint density at radius 1 is 1.25 bits per heavy atom. The van der Waals surface area contributed by atoms with Crippen LogP contribution in [0.1, 0.15) is 34.7 Å². The molecule has 1 aromatic carbocycles. The van der Waals surface area contributed by atoms with Gasteiger partial charge in [0, 0.05) is 31.9 Å². The highest BCUT2D eigenvalue weighted by molar-refractivity contribution is 5.95. The summed E-state index contributed by atoms with van der Waals surface area (Å²) in [5.74, 6) is -1.52. The molecule has 2 aromatic heterocycles. The van der Waals surface area contributed by atoms with E-state index in [4.69, 9.17) is 4.74 Å². The first kappa shape index (κ1) is 19.7. The fraction of sp³-hybridized carbons (Fsp3) is 0.333. The number of ketones is 1. The Morgan fingerprint density at radius 3 is 2.64 bits per heavy atom. The average Bonchev–Trinajstić information content (AvgIpc) is 3.32. The van der Waals surface area contributed by atoms with Gasteiger partial charge in [-0.3, -0.25) is 9.48 Å². The lowest BCUT2D eigenvalue weighted by Gasteiger charge is -2.03. The van der Waals surface area contributed by atoms with Gasteiger partial charge in [0.2, 0.25) is 5.82 Å². The van der Waals surface area contributed by atoms with Crippen molar-refractivity contribution < 1.29 is 27.2 Å². The van der Waals surface area contributed by atoms with Crippen molar-refractivity contribution in [2.45, 2.75) is 25.6 Å². The largest absolute Gasteiger partial charge is 0.471 e. The molecule has 0 aliphatic carbocycles. The zero-order valence-electron chi connectivity index (χ0n) is 14.9. The van der Waals surface area contributed by atoms with Gasteiger partial charge in [0.05, 0.1) is 18.3 Å². The van der Waals surface area contributed by atoms with Crippen LogP contribution in [0.3, 0.4) is 0 Å². The van der Waals surface area contributed by atoms with Gasteiger partial charge in [-0.05, 0) is 12.0 Å². The highest BCUT2D eigenvalue weighted by atomic mass is 19.4. The van der Waals surface area contributed by atoms with Gasteiger partial charge in [0.25, 0.3) is 0 Å². The molecule has 0 aliphatic rings. The molecule has 3 aromatic rings. The summed E-state index contributed by atoms with van der Waals surface area (Å²) in [6.07, 6.45) is -0.462. The summed E-state index contributed by atoms with van der Waals surface area (Å²) in [6.45, 7) is 0.933. The fourth-order valence-corrected chi connectivity index (χ4v) is 2.52. The smallest absolute Gasteiger partial charge is 0.385 e. The molecule has 3 rings (SSSR count). The topological polar surface area (TPSA) is 83.0 Å². The van der Waals surface area contributed by atoms with E-state index in [0.29, 0.717) is 37.1 Å². The van der Waals surface area contributed by atoms with E-state index in [2.05, 4.69) is 19.8 Å². The number of Topliss-reactive ketones (excluding diaryl/α,β-unsaturated/α-hetero) is 1. The van der Waals surface area contributed by atoms with Crippen molar-refractivity contribution in [3.05, 3.63) is 53.7 Å². The Hall–Kier alpha value is -3.01. The molecular weight excluding hydrogens is 377 g/mol. The maximum atomic E-state index is 12.5. The second-order valence-corrected chi connectivity index (χ2v) is 6.06. The molecule has 0 unspecified atom stereocenters. The number of aromatic nitrogens is 4. The summed E-state index contributed by atoms with van der Waals surface area (Å²) in [5, 5.41) is 7.52. The van der Waals surface area contributed by atoms with E-state index in [-0.39, 0.29) is 11.6 Å². The summed E-state index contributed by atoms with van der Waals surface area (Å²) < 4.78 is 48.4. The monoisotopic (exact) mass is 394 g/mol. The molecule has 28 heavy (non-hydrogen) atoms. The van der Waals surface area contributed by atoms with E-state index < -0.39 is 12.1 Å². The fourth-order valence-electron chi connectivity index (χ4n) is 2.52. The van der Waals surface area contributed by atoms with Crippen LogP contribution in [0, 0.1) is 0 Å². The number of hydrogen-bond acceptors (Lipinski definition) is 6. The number of methoxy groups -OCH3 is 1. The maximum absolute atomic E-state index is 12.5. The number of benzene rings is 1. The van der Waals surface area contributed by atoms with Crippen LogP contribution in [0.2, 0.25) is 0 Å². The SMILES string of the molecule is COCCCC(=O)c1cnn(Cc2ccc(-c3noc(C(F)(F)F)n3)cc2)c1. The number of rotatable bonds is 8. The molecule has 0 aliphatic heterocycles. The van der Waals surface area contributed by atoms with Gasteiger partial charge in [-0.1, -0.05) is 29.4 Å². The van der Waals surface area contributed by atoms with Crippen molar-refractivity contribution in [2.24, 2.45) is 0 Å². The first-order chi connectivity index (χ1) is 13.4. The van der Waals surface area contributed by atoms with Crippen molar-refractivity contribution in [3.8, 4) is 11.4 Å². The zero-order chi connectivity index (χ0) is 20.1. The van der Waals surface area contributed by atoms with Crippen molar-refractivity contribution in [1.82, 2.24) is 19.9 Å². The molecule has 0 saturated heterocycles. The molecule has 0 saturated carbocycles. The molecule has 0 amide bonds. The van der Waals surface area contributed by atoms with Crippen LogP contribution < -0.4 is 0 Å². The highest BCUT2D eigenvalue weighted by Crippen LogP contribution is 2.29. The van der Waals surface area contributed by atoms with E-state index in [1.165, 1.54) is 6.20 Å². The third kappa shape index (κ3) is 4.83. The van der Waals surface area contributed by atoms with Crippen LogP contribution in [0.15, 0.2) is 41.2 Å². The van der Waals surface area contributed by atoms with Crippen molar-refractivity contribution in [3.63, 3.8) is 0 Å². The molecule has 0 bridgehead atoms. The molecule has 0 spiro atoms. The number of carbonyl (C=O) groups is 1. The molecule has 10 heteroatoms. The zero-order valence-corrected chi connectivity index (χ0v) is 14.9. The number of carbonyl (C=O) groups excluding carboxylic acids is 1. The lowest BCUT2D eigenvalue weighted by Crippen LogP contribution is -2.04. The number of nitrogens with zero attached hydrogens (tertiary/aromatic N) is 4.